The topological polar surface area (TPSA) is 92.1 Å². The molecule has 0 spiro atoms. The first-order valence-corrected chi connectivity index (χ1v) is 11.5. The quantitative estimate of drug-likeness (QED) is 0.373. The molecule has 168 valence electrons. The van der Waals surface area contributed by atoms with Crippen molar-refractivity contribution in [2.75, 3.05) is 18.4 Å². The zero-order valence-electron chi connectivity index (χ0n) is 18.4. The molecule has 1 amide bonds. The summed E-state index contributed by atoms with van der Waals surface area (Å²) in [7, 11) is 0. The Kier molecular flexibility index (Phi) is 5.93. The Bertz CT molecular complexity index is 1280. The van der Waals surface area contributed by atoms with Crippen LogP contribution in [0.25, 0.3) is 16.6 Å². The monoisotopic (exact) mass is 441 g/mol. The molecule has 33 heavy (non-hydrogen) atoms. The predicted octanol–water partition coefficient (Wildman–Crippen LogP) is 4.24. The number of hydrogen-bond donors (Lipinski definition) is 3. The van der Waals surface area contributed by atoms with Crippen molar-refractivity contribution in [3.63, 3.8) is 0 Å². The van der Waals surface area contributed by atoms with Crippen molar-refractivity contribution in [2.24, 2.45) is 0 Å². The Balaban J connectivity index is 1.20. The predicted molar refractivity (Wildman–Crippen MR) is 129 cm³/mol. The normalized spacial score (nSPS) is 13.0. The summed E-state index contributed by atoms with van der Waals surface area (Å²) in [4.78, 5) is 17.4. The van der Waals surface area contributed by atoms with E-state index in [1.807, 2.05) is 36.4 Å². The number of rotatable bonds is 7. The van der Waals surface area contributed by atoms with E-state index in [4.69, 9.17) is 4.98 Å². The lowest BCUT2D eigenvalue weighted by Crippen LogP contribution is -2.26. The van der Waals surface area contributed by atoms with E-state index < -0.39 is 0 Å². The number of aryl methyl sites for hydroxylation is 1. The molecule has 4 aromatic rings. The van der Waals surface area contributed by atoms with Gasteiger partial charge in [-0.3, -0.25) is 9.78 Å². The van der Waals surface area contributed by atoms with Crippen LogP contribution in [0, 0.1) is 0 Å². The number of amides is 1. The summed E-state index contributed by atoms with van der Waals surface area (Å²) in [5.74, 6) is -0.367. The third-order valence-electron chi connectivity index (χ3n) is 6.03. The molecule has 2 heterocycles. The molecule has 1 aliphatic carbocycles. The Hall–Kier alpha value is -3.87. The van der Waals surface area contributed by atoms with Gasteiger partial charge in [-0.15, -0.1) is 0 Å². The average molecular weight is 442 g/mol. The van der Waals surface area contributed by atoms with Gasteiger partial charge in [0.1, 0.15) is 0 Å². The molecular formula is C26H27N5O2. The first-order chi connectivity index (χ1) is 16.2. The number of pyridine rings is 1. The van der Waals surface area contributed by atoms with Crippen molar-refractivity contribution in [3.05, 3.63) is 77.6 Å². The molecule has 7 heteroatoms. The minimum Gasteiger partial charge on any atom is -0.493 e. The second kappa shape index (κ2) is 9.32. The molecule has 0 saturated heterocycles. The highest BCUT2D eigenvalue weighted by atomic mass is 16.3. The van der Waals surface area contributed by atoms with Crippen LogP contribution in [0.3, 0.4) is 0 Å². The number of fused-ring (bicyclic) bond motifs is 2. The van der Waals surface area contributed by atoms with Crippen LogP contribution >= 0.6 is 0 Å². The van der Waals surface area contributed by atoms with E-state index in [1.54, 1.807) is 0 Å². The van der Waals surface area contributed by atoms with E-state index in [0.29, 0.717) is 12.2 Å². The van der Waals surface area contributed by atoms with Gasteiger partial charge in [0.2, 0.25) is 5.88 Å². The van der Waals surface area contributed by atoms with Crippen LogP contribution in [0.15, 0.2) is 60.7 Å². The largest absolute Gasteiger partial charge is 0.493 e. The summed E-state index contributed by atoms with van der Waals surface area (Å²) >= 11 is 0. The molecule has 3 N–H and O–H groups in total. The lowest BCUT2D eigenvalue weighted by molar-refractivity contribution is 0.0948. The van der Waals surface area contributed by atoms with Crippen molar-refractivity contribution in [3.8, 4) is 11.6 Å². The fourth-order valence-corrected chi connectivity index (χ4v) is 4.41. The zero-order chi connectivity index (χ0) is 22.6. The molecule has 0 saturated carbocycles. The average Bonchev–Trinajstić information content (AvgIpc) is 3.25. The summed E-state index contributed by atoms with van der Waals surface area (Å²) in [5, 5.41) is 22.1. The first kappa shape index (κ1) is 21.0. The Morgan fingerprint density at radius 1 is 1.00 bits per heavy atom. The van der Waals surface area contributed by atoms with E-state index in [2.05, 4.69) is 33.9 Å². The number of aromatic nitrogens is 3. The molecule has 0 fully saturated rings. The van der Waals surface area contributed by atoms with Gasteiger partial charge in [-0.2, -0.15) is 5.10 Å². The van der Waals surface area contributed by atoms with Gasteiger partial charge in [-0.1, -0.05) is 36.4 Å². The Morgan fingerprint density at radius 3 is 2.67 bits per heavy atom. The van der Waals surface area contributed by atoms with Gasteiger partial charge < -0.3 is 15.7 Å². The molecule has 2 aromatic heterocycles. The number of aromatic hydroxyl groups is 1. The number of nitrogens with one attached hydrogen (secondary N) is 2. The summed E-state index contributed by atoms with van der Waals surface area (Å²) in [6.07, 6.45) is 5.25. The van der Waals surface area contributed by atoms with Gasteiger partial charge in [0.25, 0.3) is 5.91 Å². The van der Waals surface area contributed by atoms with Crippen LogP contribution in [0.1, 0.15) is 41.0 Å². The molecule has 7 nitrogen and oxygen atoms in total. The highest BCUT2D eigenvalue weighted by Gasteiger charge is 2.18. The van der Waals surface area contributed by atoms with Gasteiger partial charge in [-0.25, -0.2) is 4.68 Å². The third-order valence-corrected chi connectivity index (χ3v) is 6.03. The smallest absolute Gasteiger partial charge is 0.271 e. The highest BCUT2D eigenvalue weighted by Crippen LogP contribution is 2.33. The van der Waals surface area contributed by atoms with E-state index in [0.717, 1.165) is 36.7 Å². The fraction of sp³-hybridized carbons (Fsp3) is 0.269. The Labute approximate surface area is 192 Å². The van der Waals surface area contributed by atoms with E-state index >= 15 is 0 Å². The summed E-state index contributed by atoms with van der Waals surface area (Å²) in [6.45, 7) is 1.25. The van der Waals surface area contributed by atoms with Crippen LogP contribution in [-0.2, 0) is 12.8 Å². The van der Waals surface area contributed by atoms with Gasteiger partial charge >= 0.3 is 0 Å². The number of anilines is 1. The molecule has 2 aromatic carbocycles. The van der Waals surface area contributed by atoms with E-state index in [1.165, 1.54) is 40.5 Å². The molecule has 0 unspecified atom stereocenters. The summed E-state index contributed by atoms with van der Waals surface area (Å²) in [5.41, 5.74) is 5.66. The molecule has 5 rings (SSSR count). The van der Waals surface area contributed by atoms with Crippen LogP contribution in [0.2, 0.25) is 0 Å². The van der Waals surface area contributed by atoms with Crippen molar-refractivity contribution >= 4 is 22.5 Å². The summed E-state index contributed by atoms with van der Waals surface area (Å²) < 4.78 is 1.36. The molecule has 0 aliphatic heterocycles. The number of carbonyl (C=O) groups excluding carboxylic acids is 1. The molecule has 1 aliphatic rings. The van der Waals surface area contributed by atoms with E-state index in [9.17, 15) is 9.90 Å². The molecule has 0 bridgehead atoms. The third kappa shape index (κ3) is 4.39. The second-order valence-corrected chi connectivity index (χ2v) is 8.31. The van der Waals surface area contributed by atoms with Gasteiger partial charge in [0.05, 0.1) is 11.2 Å². The lowest BCUT2D eigenvalue weighted by Gasteiger charge is -2.21. The lowest BCUT2D eigenvalue weighted by atomic mass is 9.92. The van der Waals surface area contributed by atoms with E-state index in [-0.39, 0.29) is 17.5 Å². The minimum absolute atomic E-state index is 0.0673. The fourth-order valence-electron chi connectivity index (χ4n) is 4.41. The number of carbonyl (C=O) groups is 1. The molecular weight excluding hydrogens is 414 g/mol. The maximum absolute atomic E-state index is 12.5. The highest BCUT2D eigenvalue weighted by molar-refractivity contribution is 5.94. The first-order valence-electron chi connectivity index (χ1n) is 11.5. The van der Waals surface area contributed by atoms with Gasteiger partial charge in [0, 0.05) is 35.9 Å². The van der Waals surface area contributed by atoms with Crippen LogP contribution in [-0.4, -0.2) is 38.9 Å². The number of benzene rings is 2. The van der Waals surface area contributed by atoms with Crippen LogP contribution < -0.4 is 10.6 Å². The SMILES string of the molecule is O=C(NCCCNc1c2c(nc3ccccc13)CCCC2)c1cc(O)n(-c2ccccc2)n1. The van der Waals surface area contributed by atoms with Crippen LogP contribution in [0.4, 0.5) is 5.69 Å². The molecule has 0 atom stereocenters. The maximum Gasteiger partial charge on any atom is 0.271 e. The van der Waals surface area contributed by atoms with Crippen molar-refractivity contribution in [2.45, 2.75) is 32.1 Å². The van der Waals surface area contributed by atoms with Crippen molar-refractivity contribution in [1.82, 2.24) is 20.1 Å². The maximum atomic E-state index is 12.5. The van der Waals surface area contributed by atoms with Crippen molar-refractivity contribution < 1.29 is 9.90 Å². The Morgan fingerprint density at radius 2 is 1.79 bits per heavy atom. The van der Waals surface area contributed by atoms with Crippen LogP contribution in [0.5, 0.6) is 5.88 Å². The van der Waals surface area contributed by atoms with Gasteiger partial charge in [0.15, 0.2) is 5.69 Å². The number of hydrogen-bond acceptors (Lipinski definition) is 5. The minimum atomic E-state index is -0.299. The standard InChI is InChI=1S/C26H27N5O2/c32-24-17-23(30-31(24)18-9-2-1-3-10-18)26(33)28-16-8-15-27-25-19-11-4-6-13-21(19)29-22-14-7-5-12-20(22)25/h1-4,6,9-11,13,17,32H,5,7-8,12,14-16H2,(H,27,29)(H,28,33). The second-order valence-electron chi connectivity index (χ2n) is 8.31. The zero-order valence-corrected chi connectivity index (χ0v) is 18.4. The number of para-hydroxylation sites is 2. The van der Waals surface area contributed by atoms with Crippen molar-refractivity contribution in [1.29, 1.82) is 0 Å². The summed E-state index contributed by atoms with van der Waals surface area (Å²) in [6, 6.07) is 18.9. The van der Waals surface area contributed by atoms with Gasteiger partial charge in [-0.05, 0) is 55.9 Å². The molecule has 0 radical (unpaired) electrons. The number of nitrogens with zero attached hydrogens (tertiary/aromatic N) is 3.